The monoisotopic (exact) mass is 329 g/mol. The Morgan fingerprint density at radius 3 is 2.58 bits per heavy atom. The number of amides is 1. The number of hydrogen-bond donors (Lipinski definition) is 1. The summed E-state index contributed by atoms with van der Waals surface area (Å²) >= 11 is 3.35. The van der Waals surface area contributed by atoms with Crippen LogP contribution in [0.15, 0.2) is 22.7 Å². The Labute approximate surface area is 122 Å². The molecule has 19 heavy (non-hydrogen) atoms. The third-order valence-corrected chi connectivity index (χ3v) is 3.38. The van der Waals surface area contributed by atoms with E-state index in [1.54, 1.807) is 24.0 Å². The standard InChI is InChI=1S/C14H20BrNO3/c1-4-16(5-2)14(18)9-19-13-7-6-11(15)8-12(13)10(3)17/h6-8,10,17H,4-5,9H2,1-3H3. The molecule has 4 nitrogen and oxygen atoms in total. The van der Waals surface area contributed by atoms with Crippen molar-refractivity contribution in [1.82, 2.24) is 4.90 Å². The average Bonchev–Trinajstić information content (AvgIpc) is 2.38. The van der Waals surface area contributed by atoms with Gasteiger partial charge in [0.05, 0.1) is 6.10 Å². The van der Waals surface area contributed by atoms with E-state index >= 15 is 0 Å². The van der Waals surface area contributed by atoms with E-state index in [1.165, 1.54) is 0 Å². The van der Waals surface area contributed by atoms with Crippen molar-refractivity contribution in [1.29, 1.82) is 0 Å². The molecule has 1 aromatic carbocycles. The fourth-order valence-electron chi connectivity index (χ4n) is 1.78. The minimum Gasteiger partial charge on any atom is -0.483 e. The number of likely N-dealkylation sites (N-methyl/N-ethyl adjacent to an activating group) is 1. The van der Waals surface area contributed by atoms with Crippen molar-refractivity contribution in [2.75, 3.05) is 19.7 Å². The molecule has 0 bridgehead atoms. The smallest absolute Gasteiger partial charge is 0.260 e. The quantitative estimate of drug-likeness (QED) is 0.873. The lowest BCUT2D eigenvalue weighted by Crippen LogP contribution is -2.34. The Balaban J connectivity index is 2.75. The Bertz CT molecular complexity index is 431. The molecule has 1 atom stereocenters. The average molecular weight is 330 g/mol. The molecule has 5 heteroatoms. The highest BCUT2D eigenvalue weighted by Crippen LogP contribution is 2.28. The lowest BCUT2D eigenvalue weighted by atomic mass is 10.1. The van der Waals surface area contributed by atoms with Crippen LogP contribution in [0.2, 0.25) is 0 Å². The van der Waals surface area contributed by atoms with Crippen LogP contribution in [0.1, 0.15) is 32.4 Å². The number of aliphatic hydroxyl groups is 1. The molecule has 0 aliphatic carbocycles. The first-order valence-electron chi connectivity index (χ1n) is 6.37. The second-order valence-electron chi connectivity index (χ2n) is 4.21. The van der Waals surface area contributed by atoms with Gasteiger partial charge in [0.1, 0.15) is 5.75 Å². The predicted octanol–water partition coefficient (Wildman–Crippen LogP) is 2.75. The molecule has 0 saturated carbocycles. The van der Waals surface area contributed by atoms with Crippen LogP contribution in [-0.2, 0) is 4.79 Å². The number of carbonyl (C=O) groups is 1. The molecule has 0 fully saturated rings. The van der Waals surface area contributed by atoms with Crippen LogP contribution >= 0.6 is 15.9 Å². The zero-order valence-electron chi connectivity index (χ0n) is 11.5. The van der Waals surface area contributed by atoms with Crippen molar-refractivity contribution in [3.63, 3.8) is 0 Å². The van der Waals surface area contributed by atoms with Crippen LogP contribution in [-0.4, -0.2) is 35.6 Å². The zero-order chi connectivity index (χ0) is 14.4. The number of ether oxygens (including phenoxy) is 1. The number of rotatable bonds is 6. The third kappa shape index (κ3) is 4.51. The minimum absolute atomic E-state index is 0.0109. The number of hydrogen-bond acceptors (Lipinski definition) is 3. The Hall–Kier alpha value is -1.07. The summed E-state index contributed by atoms with van der Waals surface area (Å²) in [6.45, 7) is 6.86. The number of aliphatic hydroxyl groups excluding tert-OH is 1. The molecule has 0 saturated heterocycles. The molecule has 0 aromatic heterocycles. The second kappa shape index (κ2) is 7.50. The van der Waals surface area contributed by atoms with Gasteiger partial charge in [0.25, 0.3) is 5.91 Å². The number of benzene rings is 1. The molecule has 0 spiro atoms. The van der Waals surface area contributed by atoms with E-state index in [0.717, 1.165) is 4.47 Å². The van der Waals surface area contributed by atoms with Crippen molar-refractivity contribution < 1.29 is 14.6 Å². The van der Waals surface area contributed by atoms with Gasteiger partial charge < -0.3 is 14.7 Å². The van der Waals surface area contributed by atoms with Crippen LogP contribution in [0.5, 0.6) is 5.75 Å². The minimum atomic E-state index is -0.643. The van der Waals surface area contributed by atoms with Gasteiger partial charge in [-0.15, -0.1) is 0 Å². The van der Waals surface area contributed by atoms with Crippen molar-refractivity contribution in [2.45, 2.75) is 26.9 Å². The maximum Gasteiger partial charge on any atom is 0.260 e. The first-order chi connectivity index (χ1) is 8.99. The topological polar surface area (TPSA) is 49.8 Å². The number of nitrogens with zero attached hydrogens (tertiary/aromatic N) is 1. The molecule has 1 N–H and O–H groups in total. The highest BCUT2D eigenvalue weighted by Gasteiger charge is 2.14. The van der Waals surface area contributed by atoms with Gasteiger partial charge in [0, 0.05) is 23.1 Å². The zero-order valence-corrected chi connectivity index (χ0v) is 13.1. The van der Waals surface area contributed by atoms with Gasteiger partial charge in [-0.05, 0) is 39.0 Å². The summed E-state index contributed by atoms with van der Waals surface area (Å²) in [7, 11) is 0. The number of carbonyl (C=O) groups excluding carboxylic acids is 1. The molecule has 1 amide bonds. The fourth-order valence-corrected chi connectivity index (χ4v) is 2.16. The van der Waals surface area contributed by atoms with E-state index in [1.807, 2.05) is 19.9 Å². The van der Waals surface area contributed by atoms with Crippen LogP contribution in [0.25, 0.3) is 0 Å². The summed E-state index contributed by atoms with van der Waals surface area (Å²) in [5, 5.41) is 9.70. The summed E-state index contributed by atoms with van der Waals surface area (Å²) in [5.74, 6) is 0.489. The summed E-state index contributed by atoms with van der Waals surface area (Å²) in [6.07, 6.45) is -0.643. The lowest BCUT2D eigenvalue weighted by molar-refractivity contribution is -0.133. The van der Waals surface area contributed by atoms with Gasteiger partial charge in [0.15, 0.2) is 6.61 Å². The number of halogens is 1. The van der Waals surface area contributed by atoms with E-state index in [0.29, 0.717) is 24.4 Å². The van der Waals surface area contributed by atoms with Gasteiger partial charge in [0.2, 0.25) is 0 Å². The van der Waals surface area contributed by atoms with Gasteiger partial charge in [-0.3, -0.25) is 4.79 Å². The Morgan fingerprint density at radius 1 is 1.42 bits per heavy atom. The molecule has 1 unspecified atom stereocenters. The van der Waals surface area contributed by atoms with Crippen LogP contribution in [0, 0.1) is 0 Å². The molecule has 0 aliphatic heterocycles. The van der Waals surface area contributed by atoms with E-state index in [-0.39, 0.29) is 12.5 Å². The Kier molecular flexibility index (Phi) is 6.31. The highest BCUT2D eigenvalue weighted by atomic mass is 79.9. The first kappa shape index (κ1) is 16.0. The Morgan fingerprint density at radius 2 is 2.05 bits per heavy atom. The molecule has 106 valence electrons. The maximum absolute atomic E-state index is 11.9. The van der Waals surface area contributed by atoms with Gasteiger partial charge in [-0.1, -0.05) is 15.9 Å². The summed E-state index contributed by atoms with van der Waals surface area (Å²) < 4.78 is 6.39. The van der Waals surface area contributed by atoms with Crippen molar-refractivity contribution in [3.05, 3.63) is 28.2 Å². The van der Waals surface area contributed by atoms with Crippen LogP contribution in [0.4, 0.5) is 0 Å². The molecule has 0 radical (unpaired) electrons. The second-order valence-corrected chi connectivity index (χ2v) is 5.13. The summed E-state index contributed by atoms with van der Waals surface area (Å²) in [5.41, 5.74) is 0.668. The fraction of sp³-hybridized carbons (Fsp3) is 0.500. The first-order valence-corrected chi connectivity index (χ1v) is 7.16. The van der Waals surface area contributed by atoms with Gasteiger partial charge in [-0.25, -0.2) is 0 Å². The van der Waals surface area contributed by atoms with E-state index < -0.39 is 6.10 Å². The van der Waals surface area contributed by atoms with E-state index in [4.69, 9.17) is 4.74 Å². The highest BCUT2D eigenvalue weighted by molar-refractivity contribution is 9.10. The molecular weight excluding hydrogens is 310 g/mol. The molecule has 1 rings (SSSR count). The normalized spacial score (nSPS) is 12.1. The molecular formula is C14H20BrNO3. The van der Waals surface area contributed by atoms with Crippen LogP contribution in [0.3, 0.4) is 0 Å². The van der Waals surface area contributed by atoms with Crippen molar-refractivity contribution in [2.24, 2.45) is 0 Å². The maximum atomic E-state index is 11.9. The molecule has 1 aromatic rings. The SMILES string of the molecule is CCN(CC)C(=O)COc1ccc(Br)cc1C(C)O. The molecule has 0 aliphatic rings. The van der Waals surface area contributed by atoms with Gasteiger partial charge in [-0.2, -0.15) is 0 Å². The van der Waals surface area contributed by atoms with E-state index in [2.05, 4.69) is 15.9 Å². The predicted molar refractivity (Wildman–Crippen MR) is 78.2 cm³/mol. The third-order valence-electron chi connectivity index (χ3n) is 2.89. The van der Waals surface area contributed by atoms with Gasteiger partial charge >= 0.3 is 0 Å². The van der Waals surface area contributed by atoms with Crippen molar-refractivity contribution >= 4 is 21.8 Å². The van der Waals surface area contributed by atoms with E-state index in [9.17, 15) is 9.90 Å². The molecule has 0 heterocycles. The lowest BCUT2D eigenvalue weighted by Gasteiger charge is -2.20. The van der Waals surface area contributed by atoms with Crippen LogP contribution < -0.4 is 4.74 Å². The summed E-state index contributed by atoms with van der Waals surface area (Å²) in [6, 6.07) is 5.37. The van der Waals surface area contributed by atoms with Crippen molar-refractivity contribution in [3.8, 4) is 5.75 Å². The summed E-state index contributed by atoms with van der Waals surface area (Å²) in [4.78, 5) is 13.6. The largest absolute Gasteiger partial charge is 0.483 e.